The second kappa shape index (κ2) is 7.50. The Hall–Kier alpha value is -2.71. The monoisotopic (exact) mass is 395 g/mol. The molecule has 0 amide bonds. The lowest BCUT2D eigenvalue weighted by molar-refractivity contribution is 0.916. The number of anilines is 2. The van der Waals surface area contributed by atoms with Crippen molar-refractivity contribution < 1.29 is 0 Å². The summed E-state index contributed by atoms with van der Waals surface area (Å²) in [6.45, 7) is 4.04. The van der Waals surface area contributed by atoms with Crippen molar-refractivity contribution in [2.24, 2.45) is 0 Å². The molecule has 136 valence electrons. The second-order valence-electron chi connectivity index (χ2n) is 6.09. The molecule has 2 aromatic heterocycles. The summed E-state index contributed by atoms with van der Waals surface area (Å²) in [6, 6.07) is 15.4. The Morgan fingerprint density at radius 1 is 1.11 bits per heavy atom. The number of aromatic amines is 1. The smallest absolute Gasteiger partial charge is 0.258 e. The van der Waals surface area contributed by atoms with E-state index in [-0.39, 0.29) is 10.8 Å². The van der Waals surface area contributed by atoms with Crippen LogP contribution in [0.5, 0.6) is 0 Å². The van der Waals surface area contributed by atoms with E-state index in [1.54, 1.807) is 6.07 Å². The third kappa shape index (κ3) is 4.01. The summed E-state index contributed by atoms with van der Waals surface area (Å²) in [7, 11) is 0. The average molecular weight is 396 g/mol. The van der Waals surface area contributed by atoms with E-state index in [9.17, 15) is 4.79 Å². The Bertz CT molecular complexity index is 1140. The van der Waals surface area contributed by atoms with Crippen LogP contribution in [0.15, 0.2) is 57.7 Å². The molecule has 0 aliphatic heterocycles. The first-order valence-corrected chi connectivity index (χ1v) is 10.1. The molecule has 0 fully saturated rings. The SMILES string of the molecule is Cc1ccc(Nc2nnc(S[C@H](C)c3nc4ccccc4c(=O)[nH]3)s2)cc1. The standard InChI is InChI=1S/C19H17N5OS2/c1-11-7-9-13(10-8-11)20-18-23-24-19(27-18)26-12(2)16-21-15-6-4-3-5-14(15)17(25)22-16/h3-10,12H,1-2H3,(H,20,23)(H,21,22,25)/t12-/m1/s1. The van der Waals surface area contributed by atoms with Crippen molar-refractivity contribution in [3.8, 4) is 0 Å². The lowest BCUT2D eigenvalue weighted by Gasteiger charge is -2.08. The van der Waals surface area contributed by atoms with Crippen molar-refractivity contribution in [1.82, 2.24) is 20.2 Å². The Kier molecular flexibility index (Phi) is 4.91. The molecule has 0 aliphatic rings. The highest BCUT2D eigenvalue weighted by Crippen LogP contribution is 2.36. The minimum absolute atomic E-state index is 0.0533. The van der Waals surface area contributed by atoms with E-state index in [2.05, 4.69) is 32.4 Å². The summed E-state index contributed by atoms with van der Waals surface area (Å²) in [5, 5.41) is 13.0. The highest BCUT2D eigenvalue weighted by atomic mass is 32.2. The number of H-pyrrole nitrogens is 1. The Morgan fingerprint density at radius 3 is 2.70 bits per heavy atom. The van der Waals surface area contributed by atoms with Crippen molar-refractivity contribution in [2.75, 3.05) is 5.32 Å². The van der Waals surface area contributed by atoms with E-state index in [1.165, 1.54) is 28.7 Å². The van der Waals surface area contributed by atoms with Gasteiger partial charge in [0.15, 0.2) is 4.34 Å². The van der Waals surface area contributed by atoms with Gasteiger partial charge in [-0.15, -0.1) is 10.2 Å². The molecule has 0 radical (unpaired) electrons. The largest absolute Gasteiger partial charge is 0.330 e. The summed E-state index contributed by atoms with van der Waals surface area (Å²) >= 11 is 2.99. The normalized spacial score (nSPS) is 12.2. The van der Waals surface area contributed by atoms with Gasteiger partial charge in [-0.25, -0.2) is 4.98 Å². The van der Waals surface area contributed by atoms with Crippen LogP contribution >= 0.6 is 23.1 Å². The first-order chi connectivity index (χ1) is 13.1. The van der Waals surface area contributed by atoms with Gasteiger partial charge in [0.2, 0.25) is 5.13 Å². The number of benzene rings is 2. The van der Waals surface area contributed by atoms with Crippen molar-refractivity contribution in [1.29, 1.82) is 0 Å². The van der Waals surface area contributed by atoms with Crippen LogP contribution in [0.1, 0.15) is 23.6 Å². The molecule has 0 saturated carbocycles. The van der Waals surface area contributed by atoms with Gasteiger partial charge in [0.1, 0.15) is 5.82 Å². The van der Waals surface area contributed by atoms with Crippen LogP contribution in [0, 0.1) is 6.92 Å². The minimum Gasteiger partial charge on any atom is -0.330 e. The van der Waals surface area contributed by atoms with E-state index in [4.69, 9.17) is 0 Å². The van der Waals surface area contributed by atoms with Crippen LogP contribution in [0.25, 0.3) is 10.9 Å². The number of hydrogen-bond donors (Lipinski definition) is 2. The Labute approximate surface area is 164 Å². The van der Waals surface area contributed by atoms with Crippen LogP contribution < -0.4 is 10.9 Å². The second-order valence-corrected chi connectivity index (χ2v) is 8.66. The van der Waals surface area contributed by atoms with Crippen LogP contribution in [-0.4, -0.2) is 20.2 Å². The number of fused-ring (bicyclic) bond motifs is 1. The van der Waals surface area contributed by atoms with Crippen LogP contribution in [0.2, 0.25) is 0 Å². The van der Waals surface area contributed by atoms with Gasteiger partial charge in [0.25, 0.3) is 5.56 Å². The summed E-state index contributed by atoms with van der Waals surface area (Å²) < 4.78 is 0.813. The van der Waals surface area contributed by atoms with Crippen molar-refractivity contribution in [3.63, 3.8) is 0 Å². The molecule has 2 heterocycles. The van der Waals surface area contributed by atoms with Gasteiger partial charge in [0.05, 0.1) is 16.2 Å². The van der Waals surface area contributed by atoms with Gasteiger partial charge in [0, 0.05) is 5.69 Å². The molecule has 0 bridgehead atoms. The molecular formula is C19H17N5OS2. The van der Waals surface area contributed by atoms with E-state index >= 15 is 0 Å². The molecule has 0 unspecified atom stereocenters. The summed E-state index contributed by atoms with van der Waals surface area (Å²) in [5.41, 5.74) is 2.76. The molecular weight excluding hydrogens is 378 g/mol. The predicted molar refractivity (Wildman–Crippen MR) is 111 cm³/mol. The highest BCUT2D eigenvalue weighted by Gasteiger charge is 2.15. The van der Waals surface area contributed by atoms with Crippen LogP contribution in [0.3, 0.4) is 0 Å². The fraction of sp³-hybridized carbons (Fsp3) is 0.158. The molecule has 27 heavy (non-hydrogen) atoms. The number of para-hydroxylation sites is 1. The summed E-state index contributed by atoms with van der Waals surface area (Å²) in [6.07, 6.45) is 0. The number of nitrogens with one attached hydrogen (secondary N) is 2. The van der Waals surface area contributed by atoms with Gasteiger partial charge in [-0.3, -0.25) is 4.79 Å². The maximum Gasteiger partial charge on any atom is 0.258 e. The van der Waals surface area contributed by atoms with Crippen molar-refractivity contribution in [2.45, 2.75) is 23.4 Å². The zero-order valence-electron chi connectivity index (χ0n) is 14.8. The number of rotatable bonds is 5. The first kappa shape index (κ1) is 17.7. The molecule has 2 aromatic carbocycles. The van der Waals surface area contributed by atoms with Gasteiger partial charge in [-0.2, -0.15) is 0 Å². The van der Waals surface area contributed by atoms with Gasteiger partial charge >= 0.3 is 0 Å². The third-order valence-electron chi connectivity index (χ3n) is 4.00. The number of hydrogen-bond acceptors (Lipinski definition) is 7. The molecule has 0 spiro atoms. The van der Waals surface area contributed by atoms with Crippen molar-refractivity contribution >= 4 is 44.8 Å². The van der Waals surface area contributed by atoms with E-state index in [1.807, 2.05) is 49.4 Å². The molecule has 1 atom stereocenters. The third-order valence-corrected chi connectivity index (χ3v) is 6.04. The molecule has 8 heteroatoms. The van der Waals surface area contributed by atoms with Gasteiger partial charge in [-0.05, 0) is 38.1 Å². The summed E-state index contributed by atoms with van der Waals surface area (Å²) in [4.78, 5) is 19.7. The number of nitrogens with zero attached hydrogens (tertiary/aromatic N) is 3. The number of thioether (sulfide) groups is 1. The molecule has 0 saturated heterocycles. The van der Waals surface area contributed by atoms with E-state index in [0.717, 1.165) is 15.2 Å². The van der Waals surface area contributed by atoms with Crippen LogP contribution in [-0.2, 0) is 0 Å². The Balaban J connectivity index is 1.50. The molecule has 0 aliphatic carbocycles. The average Bonchev–Trinajstić information content (AvgIpc) is 3.10. The summed E-state index contributed by atoms with van der Waals surface area (Å²) in [5.74, 6) is 0.631. The van der Waals surface area contributed by atoms with Gasteiger partial charge < -0.3 is 10.3 Å². The Morgan fingerprint density at radius 2 is 1.89 bits per heavy atom. The van der Waals surface area contributed by atoms with Crippen molar-refractivity contribution in [3.05, 3.63) is 70.3 Å². The van der Waals surface area contributed by atoms with Gasteiger partial charge in [-0.1, -0.05) is 52.9 Å². The van der Waals surface area contributed by atoms with Crippen LogP contribution in [0.4, 0.5) is 10.8 Å². The first-order valence-electron chi connectivity index (χ1n) is 8.41. The minimum atomic E-state index is -0.123. The molecule has 4 rings (SSSR count). The highest BCUT2D eigenvalue weighted by molar-refractivity contribution is 8.01. The molecule has 6 nitrogen and oxygen atoms in total. The zero-order chi connectivity index (χ0) is 18.8. The van der Waals surface area contributed by atoms with E-state index < -0.39 is 0 Å². The quantitative estimate of drug-likeness (QED) is 0.477. The maximum absolute atomic E-state index is 12.2. The maximum atomic E-state index is 12.2. The lowest BCUT2D eigenvalue weighted by Crippen LogP contribution is -2.12. The fourth-order valence-corrected chi connectivity index (χ4v) is 4.55. The number of aromatic nitrogens is 4. The molecule has 2 N–H and O–H groups in total. The topological polar surface area (TPSA) is 83.6 Å². The van der Waals surface area contributed by atoms with E-state index in [0.29, 0.717) is 16.7 Å². The fourth-order valence-electron chi connectivity index (χ4n) is 2.57. The predicted octanol–water partition coefficient (Wildman–Crippen LogP) is 4.68. The molecule has 4 aromatic rings. The number of aryl methyl sites for hydroxylation is 1. The zero-order valence-corrected chi connectivity index (χ0v) is 16.4. The lowest BCUT2D eigenvalue weighted by atomic mass is 10.2.